The summed E-state index contributed by atoms with van der Waals surface area (Å²) in [5.74, 6) is -0.645. The fourth-order valence-corrected chi connectivity index (χ4v) is 2.58. The summed E-state index contributed by atoms with van der Waals surface area (Å²) in [5.41, 5.74) is 0.885. The van der Waals surface area contributed by atoms with Crippen LogP contribution in [-0.2, 0) is 6.18 Å². The number of amides is 1. The molecule has 5 nitrogen and oxygen atoms in total. The first kappa shape index (κ1) is 17.2. The Morgan fingerprint density at radius 1 is 1.24 bits per heavy atom. The molecule has 1 amide bonds. The van der Waals surface area contributed by atoms with Gasteiger partial charge in [-0.1, -0.05) is 11.6 Å². The molecule has 0 saturated carbocycles. The fraction of sp³-hybridized carbons (Fsp3) is 0.188. The number of fused-ring (bicyclic) bond motifs is 1. The molecular formula is C16H12ClF3N4O. The summed E-state index contributed by atoms with van der Waals surface area (Å²) in [5, 5.41) is 6.47. The van der Waals surface area contributed by atoms with Gasteiger partial charge in [-0.15, -0.1) is 0 Å². The zero-order valence-electron chi connectivity index (χ0n) is 13.1. The van der Waals surface area contributed by atoms with Crippen LogP contribution in [0.3, 0.4) is 0 Å². The van der Waals surface area contributed by atoms with E-state index in [0.717, 1.165) is 23.9 Å². The molecule has 0 aliphatic rings. The number of aryl methyl sites for hydroxylation is 2. The normalized spacial score (nSPS) is 11.8. The van der Waals surface area contributed by atoms with E-state index in [1.165, 1.54) is 10.7 Å². The highest BCUT2D eigenvalue weighted by atomic mass is 35.5. The summed E-state index contributed by atoms with van der Waals surface area (Å²) in [4.78, 5) is 16.7. The smallest absolute Gasteiger partial charge is 0.320 e. The number of nitrogens with zero attached hydrogens (tertiary/aromatic N) is 3. The second-order valence-corrected chi connectivity index (χ2v) is 5.89. The predicted molar refractivity (Wildman–Crippen MR) is 86.9 cm³/mol. The Hall–Kier alpha value is -2.61. The van der Waals surface area contributed by atoms with Gasteiger partial charge in [-0.3, -0.25) is 4.79 Å². The number of nitrogens with one attached hydrogen (secondary N) is 1. The number of alkyl halides is 3. The molecule has 0 aliphatic carbocycles. The van der Waals surface area contributed by atoms with Crippen LogP contribution in [0.15, 0.2) is 30.5 Å². The maximum atomic E-state index is 12.8. The molecule has 2 heterocycles. The van der Waals surface area contributed by atoms with E-state index >= 15 is 0 Å². The minimum absolute atomic E-state index is 0.00172. The zero-order valence-corrected chi connectivity index (χ0v) is 13.9. The van der Waals surface area contributed by atoms with Crippen LogP contribution in [0.25, 0.3) is 5.65 Å². The van der Waals surface area contributed by atoms with Crippen molar-refractivity contribution in [2.75, 3.05) is 5.32 Å². The molecule has 130 valence electrons. The lowest BCUT2D eigenvalue weighted by molar-refractivity contribution is -0.137. The van der Waals surface area contributed by atoms with E-state index in [0.29, 0.717) is 11.3 Å². The van der Waals surface area contributed by atoms with Crippen LogP contribution in [0, 0.1) is 13.8 Å². The van der Waals surface area contributed by atoms with Gasteiger partial charge >= 0.3 is 6.18 Å². The second kappa shape index (κ2) is 6.03. The summed E-state index contributed by atoms with van der Waals surface area (Å²) >= 11 is 5.90. The molecule has 0 bridgehead atoms. The van der Waals surface area contributed by atoms with Crippen molar-refractivity contribution in [3.8, 4) is 0 Å². The maximum absolute atomic E-state index is 12.8. The van der Waals surface area contributed by atoms with Gasteiger partial charge in [0.2, 0.25) is 0 Å². The third kappa shape index (κ3) is 3.30. The average Bonchev–Trinajstić information content (AvgIpc) is 2.92. The number of carbonyl (C=O) groups is 1. The summed E-state index contributed by atoms with van der Waals surface area (Å²) in [6.45, 7) is 3.57. The molecule has 0 aliphatic heterocycles. The molecule has 0 fully saturated rings. The SMILES string of the molecule is Cc1cc(C)n2ncc(C(=O)Nc3cc(C(F)(F)F)ccc3Cl)c2n1. The Balaban J connectivity index is 1.99. The van der Waals surface area contributed by atoms with Gasteiger partial charge < -0.3 is 5.32 Å². The van der Waals surface area contributed by atoms with Crippen molar-refractivity contribution in [2.24, 2.45) is 0 Å². The number of hydrogen-bond donors (Lipinski definition) is 1. The third-order valence-electron chi connectivity index (χ3n) is 3.56. The average molecular weight is 369 g/mol. The van der Waals surface area contributed by atoms with Crippen LogP contribution in [0.2, 0.25) is 5.02 Å². The molecule has 1 N–H and O–H groups in total. The Morgan fingerprint density at radius 3 is 2.64 bits per heavy atom. The van der Waals surface area contributed by atoms with Gasteiger partial charge in [0.15, 0.2) is 5.65 Å². The molecule has 3 aromatic rings. The summed E-state index contributed by atoms with van der Waals surface area (Å²) < 4.78 is 40.0. The second-order valence-electron chi connectivity index (χ2n) is 5.48. The monoisotopic (exact) mass is 368 g/mol. The van der Waals surface area contributed by atoms with Crippen molar-refractivity contribution in [2.45, 2.75) is 20.0 Å². The summed E-state index contributed by atoms with van der Waals surface area (Å²) in [6, 6.07) is 4.52. The van der Waals surface area contributed by atoms with Crippen molar-refractivity contribution in [3.63, 3.8) is 0 Å². The summed E-state index contributed by atoms with van der Waals surface area (Å²) in [7, 11) is 0. The highest BCUT2D eigenvalue weighted by molar-refractivity contribution is 6.34. The van der Waals surface area contributed by atoms with E-state index in [1.807, 2.05) is 0 Å². The van der Waals surface area contributed by atoms with E-state index in [2.05, 4.69) is 15.4 Å². The Labute approximate surface area is 145 Å². The van der Waals surface area contributed by atoms with Gasteiger partial charge in [-0.25, -0.2) is 9.50 Å². The van der Waals surface area contributed by atoms with Crippen LogP contribution < -0.4 is 5.32 Å². The number of hydrogen-bond acceptors (Lipinski definition) is 3. The van der Waals surface area contributed by atoms with Crippen molar-refractivity contribution >= 4 is 28.8 Å². The van der Waals surface area contributed by atoms with Crippen molar-refractivity contribution in [3.05, 3.63) is 58.0 Å². The van der Waals surface area contributed by atoms with E-state index in [4.69, 9.17) is 11.6 Å². The molecule has 1 aromatic carbocycles. The molecule has 0 radical (unpaired) electrons. The maximum Gasteiger partial charge on any atom is 0.416 e. The highest BCUT2D eigenvalue weighted by Gasteiger charge is 2.31. The lowest BCUT2D eigenvalue weighted by Gasteiger charge is -2.11. The first-order valence-electron chi connectivity index (χ1n) is 7.17. The largest absolute Gasteiger partial charge is 0.416 e. The Bertz CT molecular complexity index is 981. The minimum atomic E-state index is -4.54. The van der Waals surface area contributed by atoms with Crippen LogP contribution in [0.4, 0.5) is 18.9 Å². The number of aromatic nitrogens is 3. The Morgan fingerprint density at radius 2 is 1.96 bits per heavy atom. The topological polar surface area (TPSA) is 59.3 Å². The quantitative estimate of drug-likeness (QED) is 0.734. The van der Waals surface area contributed by atoms with Crippen molar-refractivity contribution in [1.82, 2.24) is 14.6 Å². The predicted octanol–water partition coefficient (Wildman–Crippen LogP) is 4.27. The first-order valence-corrected chi connectivity index (χ1v) is 7.54. The zero-order chi connectivity index (χ0) is 18.4. The molecule has 25 heavy (non-hydrogen) atoms. The molecule has 0 spiro atoms. The number of halogens is 4. The van der Waals surface area contributed by atoms with Gasteiger partial charge in [0.05, 0.1) is 22.5 Å². The molecule has 3 rings (SSSR count). The van der Waals surface area contributed by atoms with Crippen LogP contribution >= 0.6 is 11.6 Å². The molecule has 2 aromatic heterocycles. The van der Waals surface area contributed by atoms with Gasteiger partial charge in [0.25, 0.3) is 5.91 Å². The summed E-state index contributed by atoms with van der Waals surface area (Å²) in [6.07, 6.45) is -3.23. The van der Waals surface area contributed by atoms with E-state index in [1.54, 1.807) is 19.9 Å². The lowest BCUT2D eigenvalue weighted by Crippen LogP contribution is -2.14. The molecule has 0 saturated heterocycles. The fourth-order valence-electron chi connectivity index (χ4n) is 2.42. The standard InChI is InChI=1S/C16H12ClF3N4O/c1-8-5-9(2)24-14(22-8)11(7-21-24)15(25)23-13-6-10(16(18,19)20)3-4-12(13)17/h3-7H,1-2H3,(H,23,25). The van der Waals surface area contributed by atoms with Gasteiger partial charge in [0, 0.05) is 11.4 Å². The Kier molecular flexibility index (Phi) is 4.16. The van der Waals surface area contributed by atoms with E-state index in [9.17, 15) is 18.0 Å². The lowest BCUT2D eigenvalue weighted by atomic mass is 10.2. The van der Waals surface area contributed by atoms with Gasteiger partial charge in [-0.2, -0.15) is 18.3 Å². The molecule has 9 heteroatoms. The third-order valence-corrected chi connectivity index (χ3v) is 3.89. The van der Waals surface area contributed by atoms with Crippen LogP contribution in [0.1, 0.15) is 27.3 Å². The van der Waals surface area contributed by atoms with Crippen molar-refractivity contribution in [1.29, 1.82) is 0 Å². The molecular weight excluding hydrogens is 357 g/mol. The first-order chi connectivity index (χ1) is 11.7. The van der Waals surface area contributed by atoms with Crippen LogP contribution in [0.5, 0.6) is 0 Å². The highest BCUT2D eigenvalue weighted by Crippen LogP contribution is 2.34. The van der Waals surface area contributed by atoms with Crippen molar-refractivity contribution < 1.29 is 18.0 Å². The van der Waals surface area contributed by atoms with E-state index < -0.39 is 17.6 Å². The van der Waals surface area contributed by atoms with Gasteiger partial charge in [-0.05, 0) is 38.1 Å². The molecule has 0 atom stereocenters. The van der Waals surface area contributed by atoms with E-state index in [-0.39, 0.29) is 16.3 Å². The minimum Gasteiger partial charge on any atom is -0.320 e. The number of rotatable bonds is 2. The van der Waals surface area contributed by atoms with Gasteiger partial charge in [0.1, 0.15) is 5.56 Å². The number of anilines is 1. The molecule has 0 unspecified atom stereocenters. The number of benzene rings is 1. The number of carbonyl (C=O) groups excluding carboxylic acids is 1. The van der Waals surface area contributed by atoms with Crippen LogP contribution in [-0.4, -0.2) is 20.5 Å².